The number of sulfone groups is 1. The molecule has 6 aromatic carbocycles. The van der Waals surface area contributed by atoms with Crippen LogP contribution in [0.25, 0.3) is 50.1 Å². The monoisotopic (exact) mass is 1350 g/mol. The van der Waals surface area contributed by atoms with Crippen LogP contribution in [0.2, 0.25) is 30.1 Å². The second-order valence-corrected chi connectivity index (χ2v) is 35.0. The summed E-state index contributed by atoms with van der Waals surface area (Å²) in [5, 5.41) is 36.2. The number of Topliss-reactive ketones (excluding diaryl/α,β-unsaturated/α-hetero) is 3. The van der Waals surface area contributed by atoms with Crippen LogP contribution in [0, 0.1) is 0 Å². The zero-order chi connectivity index (χ0) is 65.2. The Bertz CT molecular complexity index is 4070. The summed E-state index contributed by atoms with van der Waals surface area (Å²) in [5.41, 5.74) is 10.2. The van der Waals surface area contributed by atoms with Crippen molar-refractivity contribution in [2.45, 2.75) is 152 Å². The minimum Gasteiger partial charge on any atom is -0.510 e. The number of hydrogen-bond acceptors (Lipinski definition) is 10. The van der Waals surface area contributed by atoms with E-state index in [2.05, 4.69) is 0 Å². The second kappa shape index (κ2) is 25.4. The van der Waals surface area contributed by atoms with Gasteiger partial charge in [-0.25, -0.2) is 8.42 Å². The van der Waals surface area contributed by atoms with Crippen LogP contribution in [0.4, 0.5) is 0 Å². The molecule has 0 fully saturated rings. The van der Waals surface area contributed by atoms with Crippen LogP contribution in [-0.2, 0) is 54.3 Å². The number of aliphatic hydroxyl groups excluding tert-OH is 3. The molecule has 3 aliphatic rings. The summed E-state index contributed by atoms with van der Waals surface area (Å²) in [6.45, 7) is 26.1. The van der Waals surface area contributed by atoms with Crippen molar-refractivity contribution >= 4 is 136 Å². The molecule has 0 amide bonds. The minimum absolute atomic E-state index is 0.0450. The highest BCUT2D eigenvalue weighted by molar-refractivity contribution is 8.03. The molecule has 9 rings (SSSR count). The molecule has 0 saturated carbocycles. The molecule has 0 saturated heterocycles. The van der Waals surface area contributed by atoms with E-state index in [1.807, 2.05) is 109 Å². The fourth-order valence-electron chi connectivity index (χ4n) is 11.3. The van der Waals surface area contributed by atoms with Crippen LogP contribution < -0.4 is 0 Å². The van der Waals surface area contributed by atoms with Gasteiger partial charge in [0.1, 0.15) is 31.5 Å². The van der Waals surface area contributed by atoms with Crippen molar-refractivity contribution in [3.8, 4) is 33.4 Å². The number of aliphatic hydroxyl groups is 3. The first-order valence-electron chi connectivity index (χ1n) is 28.3. The Kier molecular flexibility index (Phi) is 20.4. The number of ketones is 3. The first-order valence-corrected chi connectivity index (χ1v) is 34.0. The van der Waals surface area contributed by atoms with Crippen LogP contribution in [-0.4, -0.2) is 73.8 Å². The predicted octanol–water partition coefficient (Wildman–Crippen LogP) is 19.8. The van der Waals surface area contributed by atoms with Gasteiger partial charge in [-0.2, -0.15) is 0 Å². The third kappa shape index (κ3) is 12.8. The Morgan fingerprint density at radius 2 is 0.736 bits per heavy atom. The van der Waals surface area contributed by atoms with Crippen molar-refractivity contribution in [1.82, 2.24) is 0 Å². The lowest BCUT2D eigenvalue weighted by Crippen LogP contribution is -2.55. The Morgan fingerprint density at radius 1 is 0.402 bits per heavy atom. The standard InChI is InChI=1S/C23H24Cl2O4S.C23H24Cl2O3S.C23H24Cl2O2S/c1-6-13-7-8-14(16-10-9-15(24)12-18(16)25)11-17(13)19-20(26)22(2,3)30(28,29)23(4,5)21(19)27;1-6-13-7-8-14(16-10-9-15(24)12-18(16)25)11-17(13)19-20(26)22(2,3)29(28)23(4,5)21(19)27;1-6-13-7-8-14(16-10-9-15(24)12-18(16)25)11-17(13)19-20(26)22(2,3)28-23(4,5)21(19)27/h7-12,26H,6H2,1-5H3;7-12,26H,6H2,1-5H3;7-12,26H,6H2,1-5H3. The minimum atomic E-state index is -3.97. The van der Waals surface area contributed by atoms with Crippen molar-refractivity contribution in [2.75, 3.05) is 0 Å². The maximum Gasteiger partial charge on any atom is 0.187 e. The fourth-order valence-corrected chi connectivity index (χ4v) is 18.4. The summed E-state index contributed by atoms with van der Waals surface area (Å²) in [6, 6.07) is 33.0. The third-order valence-corrected chi connectivity index (χ3v) is 24.9. The topological polar surface area (TPSA) is 163 Å². The van der Waals surface area contributed by atoms with E-state index in [4.69, 9.17) is 69.6 Å². The molecule has 0 radical (unpaired) electrons. The van der Waals surface area contributed by atoms with E-state index in [1.165, 1.54) is 39.5 Å². The molecular formula is C69H72Cl6O9S3. The molecule has 6 aromatic rings. The molecule has 3 heterocycles. The van der Waals surface area contributed by atoms with Gasteiger partial charge in [0.25, 0.3) is 0 Å². The van der Waals surface area contributed by atoms with Crippen molar-refractivity contribution in [3.63, 3.8) is 0 Å². The lowest BCUT2D eigenvalue weighted by atomic mass is 9.85. The first-order chi connectivity index (χ1) is 40.2. The summed E-state index contributed by atoms with van der Waals surface area (Å²) >= 11 is 38.7. The van der Waals surface area contributed by atoms with Crippen LogP contribution in [0.15, 0.2) is 126 Å². The quantitative estimate of drug-likeness (QED) is 0.127. The molecule has 18 heteroatoms. The van der Waals surface area contributed by atoms with E-state index in [0.29, 0.717) is 59.7 Å². The second-order valence-electron chi connectivity index (χ2n) is 24.6. The molecule has 87 heavy (non-hydrogen) atoms. The number of hydrogen-bond donors (Lipinski definition) is 3. The summed E-state index contributed by atoms with van der Waals surface area (Å²) in [7, 11) is -5.53. The number of carbonyl (C=O) groups excluding carboxylic acids is 3. The van der Waals surface area contributed by atoms with Crippen molar-refractivity contribution in [3.05, 3.63) is 190 Å². The molecule has 3 aliphatic heterocycles. The summed E-state index contributed by atoms with van der Waals surface area (Å²) in [6.07, 6.45) is 2.03. The maximum atomic E-state index is 13.3. The van der Waals surface area contributed by atoms with Crippen LogP contribution >= 0.6 is 81.4 Å². The van der Waals surface area contributed by atoms with E-state index >= 15 is 0 Å². The van der Waals surface area contributed by atoms with Gasteiger partial charge in [-0.3, -0.25) is 18.6 Å². The largest absolute Gasteiger partial charge is 0.510 e. The number of carbonyl (C=O) groups is 3. The first kappa shape index (κ1) is 69.6. The van der Waals surface area contributed by atoms with Crippen LogP contribution in [0.1, 0.15) is 137 Å². The van der Waals surface area contributed by atoms with Gasteiger partial charge in [-0.1, -0.05) is 145 Å². The average Bonchev–Trinajstić information content (AvgIpc) is 0.736. The number of thioether (sulfide) groups is 1. The lowest BCUT2D eigenvalue weighted by molar-refractivity contribution is -0.116. The Labute approximate surface area is 548 Å². The molecule has 3 N–H and O–H groups in total. The summed E-state index contributed by atoms with van der Waals surface area (Å²) in [5.74, 6) is -1.41. The molecule has 1 unspecified atom stereocenters. The van der Waals surface area contributed by atoms with Gasteiger partial charge in [0.2, 0.25) is 0 Å². The summed E-state index contributed by atoms with van der Waals surface area (Å²) < 4.78 is 32.4. The lowest BCUT2D eigenvalue weighted by Gasteiger charge is -2.40. The molecule has 0 bridgehead atoms. The normalized spacial score (nSPS) is 19.7. The molecule has 1 atom stereocenters. The Morgan fingerprint density at radius 3 is 1.07 bits per heavy atom. The van der Waals surface area contributed by atoms with Gasteiger partial charge in [0, 0.05) is 57.6 Å². The van der Waals surface area contributed by atoms with Gasteiger partial charge in [0.15, 0.2) is 27.2 Å². The SMILES string of the molecule is CCc1ccc(-c2ccc(Cl)cc2Cl)cc1C1=C(O)C(C)(C)S(=O)(=O)C(C)(C)C1=O.CCc1ccc(-c2ccc(Cl)cc2Cl)cc1C1=C(O)C(C)(C)S(=O)C(C)(C)C1=O.CCc1ccc(-c2ccc(Cl)cc2Cl)cc1C1=C(O)C(C)(C)SC(C)(C)C1=O. The highest BCUT2D eigenvalue weighted by atomic mass is 35.5. The number of allylic oxidation sites excluding steroid dienone is 3. The average molecular weight is 1350 g/mol. The molecule has 0 spiro atoms. The van der Waals surface area contributed by atoms with E-state index in [0.717, 1.165) is 62.1 Å². The maximum absolute atomic E-state index is 13.3. The smallest absolute Gasteiger partial charge is 0.187 e. The number of benzene rings is 6. The van der Waals surface area contributed by atoms with E-state index in [-0.39, 0.29) is 34.2 Å². The van der Waals surface area contributed by atoms with Gasteiger partial charge < -0.3 is 15.3 Å². The van der Waals surface area contributed by atoms with E-state index < -0.39 is 60.7 Å². The van der Waals surface area contributed by atoms with Gasteiger partial charge in [-0.15, -0.1) is 11.8 Å². The van der Waals surface area contributed by atoms with Crippen molar-refractivity contribution < 1.29 is 42.3 Å². The predicted molar refractivity (Wildman–Crippen MR) is 367 cm³/mol. The van der Waals surface area contributed by atoms with E-state index in [9.17, 15) is 42.3 Å². The van der Waals surface area contributed by atoms with Crippen LogP contribution in [0.5, 0.6) is 0 Å². The summed E-state index contributed by atoms with van der Waals surface area (Å²) in [4.78, 5) is 40.0. The zero-order valence-electron chi connectivity index (χ0n) is 51.3. The number of halogens is 6. The van der Waals surface area contributed by atoms with Crippen molar-refractivity contribution in [1.29, 1.82) is 0 Å². The van der Waals surface area contributed by atoms with Gasteiger partial charge in [0.05, 0.1) is 31.0 Å². The Hall–Kier alpha value is -4.86. The molecule has 0 aromatic heterocycles. The zero-order valence-corrected chi connectivity index (χ0v) is 58.3. The van der Waals surface area contributed by atoms with E-state index in [1.54, 1.807) is 76.2 Å². The van der Waals surface area contributed by atoms with Crippen LogP contribution in [0.3, 0.4) is 0 Å². The van der Waals surface area contributed by atoms with Gasteiger partial charge >= 0.3 is 0 Å². The molecular weight excluding hydrogens is 1280 g/mol. The fraction of sp³-hybridized carbons (Fsp3) is 0.348. The molecule has 0 aliphatic carbocycles. The molecule has 462 valence electrons. The number of aryl methyl sites for hydroxylation is 3. The highest BCUT2D eigenvalue weighted by Crippen LogP contribution is 2.52. The third-order valence-electron chi connectivity index (χ3n) is 16.5. The highest BCUT2D eigenvalue weighted by Gasteiger charge is 2.59. The number of rotatable bonds is 9. The van der Waals surface area contributed by atoms with Gasteiger partial charge in [-0.05, 0) is 207 Å². The Balaban J connectivity index is 0.000000187. The van der Waals surface area contributed by atoms with Crippen molar-refractivity contribution in [2.24, 2.45) is 0 Å². The molecule has 9 nitrogen and oxygen atoms in total.